The number of fused-ring (bicyclic) bond motifs is 5. The lowest BCUT2D eigenvalue weighted by molar-refractivity contribution is -0.0676. The molecule has 0 bridgehead atoms. The summed E-state index contributed by atoms with van der Waals surface area (Å²) in [5.41, 5.74) is -0.171. The molecule has 0 saturated heterocycles. The number of sulfone groups is 1. The van der Waals surface area contributed by atoms with Crippen LogP contribution in [0.2, 0.25) is 0 Å². The van der Waals surface area contributed by atoms with Crippen molar-refractivity contribution in [3.05, 3.63) is 30.3 Å². The molecule has 0 spiro atoms. The second-order valence-electron chi connectivity index (χ2n) is 12.4. The minimum Gasteiger partial charge on any atom is -0.389 e. The summed E-state index contributed by atoms with van der Waals surface area (Å²) in [5, 5.41) is 11.5. The van der Waals surface area contributed by atoms with E-state index in [4.69, 9.17) is 0 Å². The summed E-state index contributed by atoms with van der Waals surface area (Å²) in [4.78, 5) is 0.464. The van der Waals surface area contributed by atoms with Gasteiger partial charge in [-0.25, -0.2) is 8.42 Å². The van der Waals surface area contributed by atoms with E-state index in [0.717, 1.165) is 25.2 Å². The number of benzene rings is 1. The summed E-state index contributed by atoms with van der Waals surface area (Å²) in [7, 11) is -3.25. The first-order chi connectivity index (χ1) is 15.1. The Labute approximate surface area is 195 Å². The van der Waals surface area contributed by atoms with Gasteiger partial charge in [-0.1, -0.05) is 45.9 Å². The van der Waals surface area contributed by atoms with Gasteiger partial charge in [-0.15, -0.1) is 0 Å². The lowest BCUT2D eigenvalue weighted by Crippen LogP contribution is -2.43. The van der Waals surface area contributed by atoms with E-state index in [0.29, 0.717) is 28.6 Å². The fourth-order valence-corrected chi connectivity index (χ4v) is 11.4. The number of aliphatic hydroxyl groups is 1. The van der Waals surface area contributed by atoms with Gasteiger partial charge in [-0.05, 0) is 110 Å². The van der Waals surface area contributed by atoms with Crippen molar-refractivity contribution in [3.8, 4) is 0 Å². The molecule has 1 aromatic carbocycles. The molecule has 4 aliphatic carbocycles. The standard InChI is InChI=1S/C28H42O3S/c1-5-28(29)16-14-25-21-13-15-26(3)23(11-12-24(26)22(21)17-27(25,28)4)19(2)18-32(30,31)20-9-7-6-8-10-20/h6-10,19,21-25,29H,5,11-18H2,1-4H3/t19-,21?,22-,23-,24+,25-,26-,27?,28+/m1/s1. The highest BCUT2D eigenvalue weighted by atomic mass is 32.2. The van der Waals surface area contributed by atoms with Crippen molar-refractivity contribution in [1.29, 1.82) is 0 Å². The van der Waals surface area contributed by atoms with Crippen molar-refractivity contribution in [3.63, 3.8) is 0 Å². The third-order valence-electron chi connectivity index (χ3n) is 11.3. The van der Waals surface area contributed by atoms with Gasteiger partial charge >= 0.3 is 0 Å². The fourth-order valence-electron chi connectivity index (χ4n) is 9.71. The van der Waals surface area contributed by atoms with Gasteiger partial charge in [0.15, 0.2) is 9.84 Å². The maximum Gasteiger partial charge on any atom is 0.178 e. The van der Waals surface area contributed by atoms with Crippen molar-refractivity contribution in [2.24, 2.45) is 46.3 Å². The first kappa shape index (κ1) is 22.9. The summed E-state index contributed by atoms with van der Waals surface area (Å²) in [6.07, 6.45) is 9.13. The van der Waals surface area contributed by atoms with Crippen LogP contribution in [0.3, 0.4) is 0 Å². The van der Waals surface area contributed by atoms with Crippen molar-refractivity contribution in [2.45, 2.75) is 89.6 Å². The minimum absolute atomic E-state index is 0.0721. The molecule has 5 rings (SSSR count). The van der Waals surface area contributed by atoms with E-state index in [1.54, 1.807) is 12.1 Å². The van der Waals surface area contributed by atoms with E-state index >= 15 is 0 Å². The third-order valence-corrected chi connectivity index (χ3v) is 13.3. The Bertz CT molecular complexity index is 958. The van der Waals surface area contributed by atoms with Crippen molar-refractivity contribution in [2.75, 3.05) is 5.75 Å². The van der Waals surface area contributed by atoms with E-state index < -0.39 is 15.4 Å². The average molecular weight is 459 g/mol. The highest BCUT2D eigenvalue weighted by molar-refractivity contribution is 7.91. The monoisotopic (exact) mass is 458 g/mol. The van der Waals surface area contributed by atoms with Crippen LogP contribution in [0.15, 0.2) is 35.2 Å². The van der Waals surface area contributed by atoms with Crippen LogP contribution in [0.4, 0.5) is 0 Å². The number of hydrogen-bond acceptors (Lipinski definition) is 3. The zero-order valence-electron chi connectivity index (χ0n) is 20.4. The molecule has 1 N–H and O–H groups in total. The van der Waals surface area contributed by atoms with Crippen LogP contribution < -0.4 is 0 Å². The van der Waals surface area contributed by atoms with Crippen LogP contribution in [-0.2, 0) is 9.84 Å². The zero-order valence-corrected chi connectivity index (χ0v) is 21.2. The van der Waals surface area contributed by atoms with Gasteiger partial charge in [0.25, 0.3) is 0 Å². The maximum atomic E-state index is 13.1. The van der Waals surface area contributed by atoms with Crippen LogP contribution in [0, 0.1) is 46.3 Å². The predicted octanol–water partition coefficient (Wildman–Crippen LogP) is 6.12. The van der Waals surface area contributed by atoms with E-state index in [-0.39, 0.29) is 22.5 Å². The molecule has 32 heavy (non-hydrogen) atoms. The highest BCUT2D eigenvalue weighted by Crippen LogP contribution is 2.72. The summed E-state index contributed by atoms with van der Waals surface area (Å²) >= 11 is 0. The molecule has 2 unspecified atom stereocenters. The normalized spacial score (nSPS) is 46.5. The van der Waals surface area contributed by atoms with Gasteiger partial charge in [0, 0.05) is 0 Å². The van der Waals surface area contributed by atoms with Crippen LogP contribution in [0.5, 0.6) is 0 Å². The second kappa shape index (κ2) is 7.57. The Hall–Kier alpha value is -0.870. The first-order valence-corrected chi connectivity index (χ1v) is 14.7. The topological polar surface area (TPSA) is 54.4 Å². The van der Waals surface area contributed by atoms with Crippen LogP contribution >= 0.6 is 0 Å². The molecule has 0 radical (unpaired) electrons. The Morgan fingerprint density at radius 2 is 1.72 bits per heavy atom. The summed E-state index contributed by atoms with van der Waals surface area (Å²) in [5.74, 6) is 3.76. The molecule has 4 heteroatoms. The average Bonchev–Trinajstić information content (AvgIpc) is 3.35. The molecular weight excluding hydrogens is 416 g/mol. The molecule has 0 aromatic heterocycles. The van der Waals surface area contributed by atoms with Crippen molar-refractivity contribution >= 4 is 9.84 Å². The van der Waals surface area contributed by atoms with Crippen molar-refractivity contribution < 1.29 is 13.5 Å². The molecule has 0 amide bonds. The van der Waals surface area contributed by atoms with Crippen LogP contribution in [-0.4, -0.2) is 24.9 Å². The van der Waals surface area contributed by atoms with Gasteiger partial charge in [0.05, 0.1) is 16.2 Å². The molecular formula is C28H42O3S. The quantitative estimate of drug-likeness (QED) is 0.578. The summed E-state index contributed by atoms with van der Waals surface area (Å²) in [6.45, 7) is 9.23. The minimum atomic E-state index is -3.25. The Morgan fingerprint density at radius 1 is 1.00 bits per heavy atom. The van der Waals surface area contributed by atoms with Gasteiger partial charge in [-0.2, -0.15) is 0 Å². The second-order valence-corrected chi connectivity index (χ2v) is 14.4. The Kier molecular flexibility index (Phi) is 5.41. The van der Waals surface area contributed by atoms with E-state index in [9.17, 15) is 13.5 Å². The lowest BCUT2D eigenvalue weighted by atomic mass is 9.56. The van der Waals surface area contributed by atoms with Crippen LogP contribution in [0.25, 0.3) is 0 Å². The fraction of sp³-hybridized carbons (Fsp3) is 0.786. The number of hydrogen-bond donors (Lipinski definition) is 1. The van der Waals surface area contributed by atoms with Gasteiger partial charge in [-0.3, -0.25) is 0 Å². The van der Waals surface area contributed by atoms with Crippen molar-refractivity contribution in [1.82, 2.24) is 0 Å². The van der Waals surface area contributed by atoms with Crippen LogP contribution in [0.1, 0.15) is 79.1 Å². The Balaban J connectivity index is 1.36. The molecule has 4 fully saturated rings. The van der Waals surface area contributed by atoms with Gasteiger partial charge in [0.1, 0.15) is 0 Å². The number of rotatable bonds is 5. The predicted molar refractivity (Wildman–Crippen MR) is 129 cm³/mol. The van der Waals surface area contributed by atoms with E-state index in [1.807, 2.05) is 18.2 Å². The summed E-state index contributed by atoms with van der Waals surface area (Å²) in [6, 6.07) is 8.99. The molecule has 0 aliphatic heterocycles. The molecule has 178 valence electrons. The molecule has 4 aliphatic rings. The SMILES string of the molecule is CC[C@]1(O)CC[C@@H]2C3CC[C@]4(C)[C@@H]([C@H](C)CS(=O)(=O)c5ccccc5)CC[C@H]4[C@@H]3CC21C. The molecule has 1 aromatic rings. The lowest BCUT2D eigenvalue weighted by Gasteiger charge is -2.49. The molecule has 4 saturated carbocycles. The largest absolute Gasteiger partial charge is 0.389 e. The molecule has 3 nitrogen and oxygen atoms in total. The summed E-state index contributed by atoms with van der Waals surface area (Å²) < 4.78 is 26.2. The maximum absolute atomic E-state index is 13.1. The van der Waals surface area contributed by atoms with E-state index in [1.165, 1.54) is 32.1 Å². The van der Waals surface area contributed by atoms with E-state index in [2.05, 4.69) is 27.7 Å². The smallest absolute Gasteiger partial charge is 0.178 e. The molecule has 0 heterocycles. The first-order valence-electron chi connectivity index (χ1n) is 13.1. The van der Waals surface area contributed by atoms with Gasteiger partial charge in [0.2, 0.25) is 0 Å². The zero-order chi connectivity index (χ0) is 22.9. The third kappa shape index (κ3) is 3.11. The van der Waals surface area contributed by atoms with Gasteiger partial charge < -0.3 is 5.11 Å². The Morgan fingerprint density at radius 3 is 2.41 bits per heavy atom. The highest BCUT2D eigenvalue weighted by Gasteiger charge is 2.67. The molecule has 9 atom stereocenters.